The highest BCUT2D eigenvalue weighted by Crippen LogP contribution is 2.23. The minimum atomic E-state index is -0.786. The van der Waals surface area contributed by atoms with E-state index in [9.17, 15) is 18.8 Å². The summed E-state index contributed by atoms with van der Waals surface area (Å²) in [6, 6.07) is 8.24. The van der Waals surface area contributed by atoms with Crippen molar-refractivity contribution >= 4 is 28.9 Å². The van der Waals surface area contributed by atoms with Crippen molar-refractivity contribution < 1.29 is 14.0 Å². The molecule has 1 aliphatic heterocycles. The first kappa shape index (κ1) is 28.4. The van der Waals surface area contributed by atoms with Gasteiger partial charge in [0.2, 0.25) is 0 Å². The Balaban J connectivity index is 1.24. The van der Waals surface area contributed by atoms with Gasteiger partial charge in [-0.3, -0.25) is 24.4 Å². The molecule has 0 bridgehead atoms. The zero-order valence-electron chi connectivity index (χ0n) is 23.1. The number of pyridine rings is 2. The fourth-order valence-corrected chi connectivity index (χ4v) is 4.68. The largest absolute Gasteiger partial charge is 0.363 e. The van der Waals surface area contributed by atoms with E-state index in [1.54, 1.807) is 31.9 Å². The number of anilines is 1. The topological polar surface area (TPSA) is 102 Å². The number of aryl methyl sites for hydroxylation is 1. The number of aromatic nitrogens is 2. The van der Waals surface area contributed by atoms with E-state index in [-0.39, 0.29) is 11.1 Å². The van der Waals surface area contributed by atoms with Gasteiger partial charge in [0.05, 0.1) is 22.1 Å². The maximum Gasteiger partial charge on any atom is 0.254 e. The summed E-state index contributed by atoms with van der Waals surface area (Å²) in [5, 5.41) is 2.82. The lowest BCUT2D eigenvalue weighted by Gasteiger charge is -2.34. The number of fused-ring (bicyclic) bond motifs is 1. The Morgan fingerprint density at radius 2 is 1.90 bits per heavy atom. The second-order valence-electron chi connectivity index (χ2n) is 10.6. The Labute approximate surface area is 228 Å². The summed E-state index contributed by atoms with van der Waals surface area (Å²) in [5.41, 5.74) is 3.01. The monoisotopic (exact) mass is 536 g/mol. The molecule has 39 heavy (non-hydrogen) atoms. The summed E-state index contributed by atoms with van der Waals surface area (Å²) in [4.78, 5) is 49.8. The van der Waals surface area contributed by atoms with Crippen molar-refractivity contribution in [3.05, 3.63) is 69.4 Å². The molecule has 2 aromatic heterocycles. The molecular formula is C29H37FN6O3. The van der Waals surface area contributed by atoms with Gasteiger partial charge in [-0.05, 0) is 56.2 Å². The number of aromatic amines is 1. The molecule has 2 N–H and O–H groups in total. The van der Waals surface area contributed by atoms with Gasteiger partial charge < -0.3 is 20.0 Å². The number of hydrogen-bond acceptors (Lipinski definition) is 7. The third-order valence-corrected chi connectivity index (χ3v) is 7.53. The zero-order valence-corrected chi connectivity index (χ0v) is 23.1. The predicted molar refractivity (Wildman–Crippen MR) is 151 cm³/mol. The highest BCUT2D eigenvalue weighted by Gasteiger charge is 2.24. The maximum absolute atomic E-state index is 14.7. The van der Waals surface area contributed by atoms with Gasteiger partial charge in [-0.25, -0.2) is 4.39 Å². The summed E-state index contributed by atoms with van der Waals surface area (Å²) < 4.78 is 14.7. The molecule has 0 radical (unpaired) electrons. The number of aldehydes is 1. The number of nitrogens with one attached hydrogen (secondary N) is 2. The number of likely N-dealkylation sites (N-methyl/N-ethyl adjacent to an activating group) is 1. The van der Waals surface area contributed by atoms with Gasteiger partial charge >= 0.3 is 0 Å². The molecule has 1 aromatic carbocycles. The lowest BCUT2D eigenvalue weighted by Crippen LogP contribution is -2.48. The van der Waals surface area contributed by atoms with E-state index in [0.717, 1.165) is 61.2 Å². The van der Waals surface area contributed by atoms with E-state index < -0.39 is 17.3 Å². The van der Waals surface area contributed by atoms with Gasteiger partial charge in [0.25, 0.3) is 11.5 Å². The number of nitrogens with zero attached hydrogens (tertiary/aromatic N) is 4. The SMILES string of the molecule is CCc1cc2ncc(CN3CCN(CCNC(=O)c4ccc(N(C)C(C)(C)C=O)cc4F)CC3)cc2[nH]c1=O. The Bertz CT molecular complexity index is 1400. The van der Waals surface area contributed by atoms with Crippen molar-refractivity contribution in [1.29, 1.82) is 0 Å². The molecule has 0 atom stereocenters. The number of piperazine rings is 1. The first-order valence-corrected chi connectivity index (χ1v) is 13.3. The number of amides is 1. The van der Waals surface area contributed by atoms with Crippen molar-refractivity contribution in [3.8, 4) is 0 Å². The van der Waals surface area contributed by atoms with E-state index in [2.05, 4.69) is 25.1 Å². The Morgan fingerprint density at radius 1 is 1.18 bits per heavy atom. The van der Waals surface area contributed by atoms with Crippen LogP contribution in [0.3, 0.4) is 0 Å². The molecule has 1 amide bonds. The van der Waals surface area contributed by atoms with Crippen molar-refractivity contribution in [2.24, 2.45) is 0 Å². The fourth-order valence-electron chi connectivity index (χ4n) is 4.68. The van der Waals surface area contributed by atoms with Gasteiger partial charge in [-0.1, -0.05) is 6.92 Å². The fraction of sp³-hybridized carbons (Fsp3) is 0.448. The Morgan fingerprint density at radius 3 is 2.56 bits per heavy atom. The van der Waals surface area contributed by atoms with Crippen molar-refractivity contribution in [1.82, 2.24) is 25.1 Å². The van der Waals surface area contributed by atoms with Crippen molar-refractivity contribution in [2.45, 2.75) is 39.3 Å². The quantitative estimate of drug-likeness (QED) is 0.384. The number of carbonyl (C=O) groups excluding carboxylic acids is 2. The van der Waals surface area contributed by atoms with E-state index in [1.807, 2.05) is 25.3 Å². The van der Waals surface area contributed by atoms with Crippen LogP contribution in [-0.2, 0) is 17.8 Å². The second-order valence-corrected chi connectivity index (χ2v) is 10.6. The van der Waals surface area contributed by atoms with E-state index in [4.69, 9.17) is 0 Å². The summed E-state index contributed by atoms with van der Waals surface area (Å²) in [7, 11) is 1.71. The lowest BCUT2D eigenvalue weighted by atomic mass is 10.0. The molecule has 3 aromatic rings. The normalized spacial score (nSPS) is 14.9. The van der Waals surface area contributed by atoms with Gasteiger partial charge in [0.1, 0.15) is 12.1 Å². The van der Waals surface area contributed by atoms with Gasteiger partial charge in [0, 0.05) is 70.3 Å². The first-order valence-electron chi connectivity index (χ1n) is 13.3. The molecule has 0 spiro atoms. The summed E-state index contributed by atoms with van der Waals surface area (Å²) in [6.07, 6.45) is 3.35. The van der Waals surface area contributed by atoms with Crippen molar-refractivity contribution in [3.63, 3.8) is 0 Å². The Kier molecular flexibility index (Phi) is 8.76. The number of halogens is 1. The highest BCUT2D eigenvalue weighted by molar-refractivity contribution is 5.95. The standard InChI is InChI=1S/C29H37FN6O3/c1-5-21-15-25-26(33-27(21)38)14-20(17-32-25)18-36-12-10-35(11-13-36)9-8-31-28(39)23-7-6-22(16-24(23)30)34(4)29(2,3)19-37/h6-7,14-17,19H,5,8-13,18H2,1-4H3,(H,31,39)(H,33,38). The molecule has 1 aliphatic rings. The van der Waals surface area contributed by atoms with Crippen LogP contribution in [-0.4, -0.2) is 83.8 Å². The van der Waals surface area contributed by atoms with Crippen LogP contribution >= 0.6 is 0 Å². The summed E-state index contributed by atoms with van der Waals surface area (Å²) >= 11 is 0. The molecule has 10 heteroatoms. The molecule has 1 fully saturated rings. The van der Waals surface area contributed by atoms with Gasteiger partial charge in [-0.2, -0.15) is 0 Å². The molecule has 1 saturated heterocycles. The number of rotatable bonds is 10. The van der Waals surface area contributed by atoms with Crippen LogP contribution in [0.25, 0.3) is 11.0 Å². The van der Waals surface area contributed by atoms with Crippen LogP contribution < -0.4 is 15.8 Å². The Hall–Kier alpha value is -3.63. The molecule has 0 saturated carbocycles. The van der Waals surface area contributed by atoms with Crippen LogP contribution in [0.5, 0.6) is 0 Å². The smallest absolute Gasteiger partial charge is 0.254 e. The molecular weight excluding hydrogens is 499 g/mol. The summed E-state index contributed by atoms with van der Waals surface area (Å²) in [6.45, 7) is 10.7. The highest BCUT2D eigenvalue weighted by atomic mass is 19.1. The predicted octanol–water partition coefficient (Wildman–Crippen LogP) is 2.59. The average Bonchev–Trinajstić information content (AvgIpc) is 2.93. The van der Waals surface area contributed by atoms with Crippen LogP contribution in [0.2, 0.25) is 0 Å². The van der Waals surface area contributed by atoms with Crippen LogP contribution in [0.1, 0.15) is 42.3 Å². The minimum Gasteiger partial charge on any atom is -0.363 e. The number of benzene rings is 1. The minimum absolute atomic E-state index is 0.0165. The van der Waals surface area contributed by atoms with Gasteiger partial charge in [-0.15, -0.1) is 0 Å². The van der Waals surface area contributed by atoms with E-state index in [0.29, 0.717) is 25.2 Å². The summed E-state index contributed by atoms with van der Waals surface area (Å²) in [5.74, 6) is -1.08. The van der Waals surface area contributed by atoms with Crippen LogP contribution in [0.15, 0.2) is 41.3 Å². The molecule has 4 rings (SSSR count). The third-order valence-electron chi connectivity index (χ3n) is 7.53. The number of carbonyl (C=O) groups is 2. The first-order chi connectivity index (χ1) is 18.6. The number of H-pyrrole nitrogens is 1. The van der Waals surface area contributed by atoms with Crippen LogP contribution in [0.4, 0.5) is 10.1 Å². The third kappa shape index (κ3) is 6.69. The van der Waals surface area contributed by atoms with Crippen molar-refractivity contribution in [2.75, 3.05) is 51.2 Å². The molecule has 0 aliphatic carbocycles. The zero-order chi connectivity index (χ0) is 28.2. The van der Waals surface area contributed by atoms with Crippen LogP contribution in [0, 0.1) is 5.82 Å². The number of hydrogen-bond donors (Lipinski definition) is 2. The molecule has 9 nitrogen and oxygen atoms in total. The molecule has 0 unspecified atom stereocenters. The maximum atomic E-state index is 14.7. The average molecular weight is 537 g/mol. The molecule has 3 heterocycles. The van der Waals surface area contributed by atoms with E-state index in [1.165, 1.54) is 12.1 Å². The second kappa shape index (κ2) is 12.0. The lowest BCUT2D eigenvalue weighted by molar-refractivity contribution is -0.111. The van der Waals surface area contributed by atoms with E-state index >= 15 is 0 Å². The molecule has 208 valence electrons. The van der Waals surface area contributed by atoms with Gasteiger partial charge in [0.15, 0.2) is 0 Å².